The summed E-state index contributed by atoms with van der Waals surface area (Å²) in [6.07, 6.45) is 12.6. The van der Waals surface area contributed by atoms with Crippen LogP contribution in [0.3, 0.4) is 0 Å². The first-order chi connectivity index (χ1) is 8.61. The first-order valence-electron chi connectivity index (χ1n) is 8.35. The van der Waals surface area contributed by atoms with Gasteiger partial charge in [-0.25, -0.2) is 0 Å². The average Bonchev–Trinajstić information content (AvgIpc) is 2.96. The second-order valence-electron chi connectivity index (χ2n) is 6.92. The maximum atomic E-state index is 3.79. The number of hydrogen-bond donors (Lipinski definition) is 1. The van der Waals surface area contributed by atoms with Crippen molar-refractivity contribution >= 4 is 0 Å². The van der Waals surface area contributed by atoms with Crippen molar-refractivity contribution in [2.45, 2.75) is 91.5 Å². The smallest absolute Gasteiger partial charge is 0.0101 e. The topological polar surface area (TPSA) is 12.0 Å². The summed E-state index contributed by atoms with van der Waals surface area (Å²) in [5.74, 6) is 0.944. The van der Waals surface area contributed by atoms with Gasteiger partial charge in [-0.3, -0.25) is 0 Å². The lowest BCUT2D eigenvalue weighted by molar-refractivity contribution is 0.372. The fourth-order valence-corrected chi connectivity index (χ4v) is 3.11. The minimum Gasteiger partial charge on any atom is -0.314 e. The highest BCUT2D eigenvalue weighted by atomic mass is 14.9. The molecule has 0 amide bonds. The van der Waals surface area contributed by atoms with E-state index in [1.807, 2.05) is 0 Å². The van der Waals surface area contributed by atoms with Gasteiger partial charge in [0, 0.05) is 6.04 Å². The van der Waals surface area contributed by atoms with Gasteiger partial charge < -0.3 is 5.32 Å². The van der Waals surface area contributed by atoms with Crippen LogP contribution in [0.5, 0.6) is 0 Å². The minimum atomic E-state index is 0.619. The molecular formula is C17H35N. The number of nitrogens with one attached hydrogen (secondary N) is 1. The Morgan fingerprint density at radius 1 is 1.00 bits per heavy atom. The summed E-state index contributed by atoms with van der Waals surface area (Å²) >= 11 is 0. The van der Waals surface area contributed by atoms with Gasteiger partial charge in [-0.15, -0.1) is 0 Å². The van der Waals surface area contributed by atoms with Crippen LogP contribution in [-0.4, -0.2) is 12.6 Å². The Morgan fingerprint density at radius 3 is 2.17 bits per heavy atom. The molecule has 0 aromatic heterocycles. The largest absolute Gasteiger partial charge is 0.314 e. The van der Waals surface area contributed by atoms with Crippen LogP contribution in [0, 0.1) is 11.3 Å². The third kappa shape index (κ3) is 5.73. The van der Waals surface area contributed by atoms with E-state index in [0.29, 0.717) is 5.41 Å². The van der Waals surface area contributed by atoms with Crippen LogP contribution in [0.1, 0.15) is 85.5 Å². The van der Waals surface area contributed by atoms with Crippen molar-refractivity contribution < 1.29 is 0 Å². The lowest BCUT2D eigenvalue weighted by Crippen LogP contribution is -2.33. The third-order valence-electron chi connectivity index (χ3n) is 4.60. The Hall–Kier alpha value is -0.0400. The molecule has 0 aromatic carbocycles. The van der Waals surface area contributed by atoms with Gasteiger partial charge in [0.15, 0.2) is 0 Å². The van der Waals surface area contributed by atoms with E-state index in [1.165, 1.54) is 64.3 Å². The lowest BCUT2D eigenvalue weighted by Gasteiger charge is -2.20. The van der Waals surface area contributed by atoms with E-state index >= 15 is 0 Å². The van der Waals surface area contributed by atoms with Crippen molar-refractivity contribution in [3.8, 4) is 0 Å². The molecule has 1 aliphatic carbocycles. The van der Waals surface area contributed by atoms with Gasteiger partial charge >= 0.3 is 0 Å². The summed E-state index contributed by atoms with van der Waals surface area (Å²) in [4.78, 5) is 0. The van der Waals surface area contributed by atoms with Crippen LogP contribution in [0.15, 0.2) is 0 Å². The zero-order valence-corrected chi connectivity index (χ0v) is 13.2. The maximum Gasteiger partial charge on any atom is 0.0101 e. The lowest BCUT2D eigenvalue weighted by atomic mass is 9.98. The molecule has 0 radical (unpaired) electrons. The molecule has 0 bridgehead atoms. The Balaban J connectivity index is 2.13. The van der Waals surface area contributed by atoms with Crippen LogP contribution >= 0.6 is 0 Å². The highest BCUT2D eigenvalue weighted by Crippen LogP contribution is 2.54. The third-order valence-corrected chi connectivity index (χ3v) is 4.60. The molecule has 1 aliphatic rings. The van der Waals surface area contributed by atoms with Crippen molar-refractivity contribution in [3.05, 3.63) is 0 Å². The molecule has 0 spiro atoms. The summed E-state index contributed by atoms with van der Waals surface area (Å²) < 4.78 is 0. The standard InChI is InChI=1S/C17H35N/c1-5-7-8-9-10-11-12-16(18-13-6-2)15-14-17(15,3)4/h15-16,18H,5-14H2,1-4H3. The van der Waals surface area contributed by atoms with Crippen LogP contribution in [0.25, 0.3) is 0 Å². The van der Waals surface area contributed by atoms with Crippen LogP contribution < -0.4 is 5.32 Å². The van der Waals surface area contributed by atoms with Crippen molar-refractivity contribution in [2.75, 3.05) is 6.54 Å². The second kappa shape index (κ2) is 8.19. The van der Waals surface area contributed by atoms with E-state index in [-0.39, 0.29) is 0 Å². The Labute approximate surface area is 115 Å². The number of unbranched alkanes of at least 4 members (excludes halogenated alkanes) is 5. The van der Waals surface area contributed by atoms with Gasteiger partial charge in [0.25, 0.3) is 0 Å². The van der Waals surface area contributed by atoms with Gasteiger partial charge in [-0.2, -0.15) is 0 Å². The quantitative estimate of drug-likeness (QED) is 0.502. The van der Waals surface area contributed by atoms with E-state index in [9.17, 15) is 0 Å². The summed E-state index contributed by atoms with van der Waals surface area (Å²) in [5, 5.41) is 3.79. The number of hydrogen-bond acceptors (Lipinski definition) is 1. The Morgan fingerprint density at radius 2 is 1.61 bits per heavy atom. The Bertz CT molecular complexity index is 210. The summed E-state index contributed by atoms with van der Waals surface area (Å²) in [7, 11) is 0. The highest BCUT2D eigenvalue weighted by molar-refractivity contribution is 5.01. The van der Waals surface area contributed by atoms with Gasteiger partial charge in [0.1, 0.15) is 0 Å². The van der Waals surface area contributed by atoms with E-state index in [4.69, 9.17) is 0 Å². The van der Waals surface area contributed by atoms with E-state index in [0.717, 1.165) is 12.0 Å². The predicted octanol–water partition coefficient (Wildman–Crippen LogP) is 5.15. The first kappa shape index (κ1) is 16.0. The molecule has 2 unspecified atom stereocenters. The zero-order chi connectivity index (χ0) is 13.4. The zero-order valence-electron chi connectivity index (χ0n) is 13.2. The van der Waals surface area contributed by atoms with E-state index < -0.39 is 0 Å². The molecule has 108 valence electrons. The second-order valence-corrected chi connectivity index (χ2v) is 6.92. The molecule has 2 atom stereocenters. The molecule has 1 nitrogen and oxygen atoms in total. The Kier molecular flexibility index (Phi) is 7.29. The van der Waals surface area contributed by atoms with Crippen LogP contribution in [0.4, 0.5) is 0 Å². The molecular weight excluding hydrogens is 218 g/mol. The highest BCUT2D eigenvalue weighted by Gasteiger charge is 2.49. The predicted molar refractivity (Wildman–Crippen MR) is 82.0 cm³/mol. The van der Waals surface area contributed by atoms with Crippen LogP contribution in [0.2, 0.25) is 0 Å². The fourth-order valence-electron chi connectivity index (χ4n) is 3.11. The van der Waals surface area contributed by atoms with Gasteiger partial charge in [-0.1, -0.05) is 66.2 Å². The molecule has 1 fully saturated rings. The van der Waals surface area contributed by atoms with Crippen molar-refractivity contribution in [3.63, 3.8) is 0 Å². The molecule has 0 heterocycles. The van der Waals surface area contributed by atoms with E-state index in [2.05, 4.69) is 33.0 Å². The average molecular weight is 253 g/mol. The van der Waals surface area contributed by atoms with E-state index in [1.54, 1.807) is 0 Å². The van der Waals surface area contributed by atoms with Crippen molar-refractivity contribution in [1.29, 1.82) is 0 Å². The number of rotatable bonds is 11. The van der Waals surface area contributed by atoms with Crippen molar-refractivity contribution in [1.82, 2.24) is 5.32 Å². The normalized spacial score (nSPS) is 23.0. The van der Waals surface area contributed by atoms with Crippen LogP contribution in [-0.2, 0) is 0 Å². The monoisotopic (exact) mass is 253 g/mol. The van der Waals surface area contributed by atoms with Gasteiger partial charge in [0.05, 0.1) is 0 Å². The molecule has 1 heteroatoms. The van der Waals surface area contributed by atoms with Crippen molar-refractivity contribution in [2.24, 2.45) is 11.3 Å². The molecule has 18 heavy (non-hydrogen) atoms. The minimum absolute atomic E-state index is 0.619. The molecule has 1 N–H and O–H groups in total. The molecule has 1 rings (SSSR count). The summed E-state index contributed by atoms with van der Waals surface area (Å²) in [5.41, 5.74) is 0.619. The maximum absolute atomic E-state index is 3.79. The van der Waals surface area contributed by atoms with Gasteiger partial charge in [0.2, 0.25) is 0 Å². The molecule has 1 saturated carbocycles. The summed E-state index contributed by atoms with van der Waals surface area (Å²) in [6, 6.07) is 0.797. The van der Waals surface area contributed by atoms with Gasteiger partial charge in [-0.05, 0) is 37.1 Å². The fraction of sp³-hybridized carbons (Fsp3) is 1.00. The molecule has 0 aliphatic heterocycles. The first-order valence-corrected chi connectivity index (χ1v) is 8.35. The summed E-state index contributed by atoms with van der Waals surface area (Å²) in [6.45, 7) is 10.6. The molecule has 0 aromatic rings. The SMILES string of the molecule is CCCCCCCCC(NCCC)C1CC1(C)C. The molecule has 0 saturated heterocycles.